The Morgan fingerprint density at radius 1 is 0.968 bits per heavy atom. The van der Waals surface area contributed by atoms with Crippen LogP contribution in [0.15, 0.2) is 83.0 Å². The van der Waals surface area contributed by atoms with E-state index in [-0.39, 0.29) is 12.1 Å². The van der Waals surface area contributed by atoms with E-state index in [0.29, 0.717) is 22.8 Å². The van der Waals surface area contributed by atoms with Crippen LogP contribution >= 0.6 is 15.9 Å². The lowest BCUT2D eigenvalue weighted by Gasteiger charge is -2.09. The second-order valence-electron chi connectivity index (χ2n) is 6.54. The molecule has 0 aliphatic rings. The summed E-state index contributed by atoms with van der Waals surface area (Å²) in [4.78, 5) is 23.9. The second-order valence-corrected chi connectivity index (χ2v) is 7.39. The molecule has 6 nitrogen and oxygen atoms in total. The lowest BCUT2D eigenvalue weighted by Crippen LogP contribution is -2.28. The van der Waals surface area contributed by atoms with Crippen molar-refractivity contribution >= 4 is 33.9 Å². The largest absolute Gasteiger partial charge is 0.497 e. The zero-order valence-corrected chi connectivity index (χ0v) is 18.3. The number of carboxylic acids is 1. The first kappa shape index (κ1) is 22.1. The Labute approximate surface area is 188 Å². The maximum atomic E-state index is 12.3. The molecule has 0 unspecified atom stereocenters. The number of benzene rings is 3. The molecule has 3 aromatic carbocycles. The van der Waals surface area contributed by atoms with Gasteiger partial charge >= 0.3 is 5.97 Å². The summed E-state index contributed by atoms with van der Waals surface area (Å²) >= 11 is 3.42. The summed E-state index contributed by atoms with van der Waals surface area (Å²) in [6, 6.07) is 21.3. The topological polar surface area (TPSA) is 84.9 Å². The number of carbonyl (C=O) groups is 2. The van der Waals surface area contributed by atoms with Crippen molar-refractivity contribution in [1.82, 2.24) is 5.32 Å². The number of nitrogens with one attached hydrogen (secondary N) is 1. The molecule has 0 saturated carbocycles. The first-order chi connectivity index (χ1) is 14.9. The third-order valence-electron chi connectivity index (χ3n) is 4.28. The molecule has 0 bridgehead atoms. The molecule has 0 radical (unpaired) electrons. The molecule has 0 atom stereocenters. The summed E-state index contributed by atoms with van der Waals surface area (Å²) in [7, 11) is 1.56. The van der Waals surface area contributed by atoms with Gasteiger partial charge in [0.2, 0.25) is 5.91 Å². The summed E-state index contributed by atoms with van der Waals surface area (Å²) in [6.45, 7) is 0. The number of aliphatic carboxylic acids is 1. The molecule has 0 aliphatic carbocycles. The standard InChI is InChI=1S/C24H20BrNO5/c1-30-18-10-6-17(7-11-18)15-23(27)26-21(24(28)29)14-16-8-12-19(13-9-16)31-22-5-3-2-4-20(22)25/h2-14H,15H2,1H3,(H,26,27)(H,28,29). The number of hydrogen-bond donors (Lipinski definition) is 2. The van der Waals surface area contributed by atoms with Crippen LogP contribution in [0.5, 0.6) is 17.2 Å². The van der Waals surface area contributed by atoms with Crippen LogP contribution in [-0.4, -0.2) is 24.1 Å². The SMILES string of the molecule is COc1ccc(CC(=O)NC(=Cc2ccc(Oc3ccccc3Br)cc2)C(=O)O)cc1. The van der Waals surface area contributed by atoms with Crippen LogP contribution in [0.1, 0.15) is 11.1 Å². The van der Waals surface area contributed by atoms with Crippen LogP contribution in [0.25, 0.3) is 6.08 Å². The third kappa shape index (κ3) is 6.45. The molecule has 31 heavy (non-hydrogen) atoms. The highest BCUT2D eigenvalue weighted by atomic mass is 79.9. The number of rotatable bonds is 8. The van der Waals surface area contributed by atoms with E-state index in [2.05, 4.69) is 21.2 Å². The summed E-state index contributed by atoms with van der Waals surface area (Å²) in [5, 5.41) is 11.9. The van der Waals surface area contributed by atoms with E-state index >= 15 is 0 Å². The van der Waals surface area contributed by atoms with Gasteiger partial charge in [0.15, 0.2) is 0 Å². The monoisotopic (exact) mass is 481 g/mol. The number of halogens is 1. The highest BCUT2D eigenvalue weighted by Crippen LogP contribution is 2.29. The van der Waals surface area contributed by atoms with E-state index in [9.17, 15) is 14.7 Å². The van der Waals surface area contributed by atoms with E-state index in [4.69, 9.17) is 9.47 Å². The van der Waals surface area contributed by atoms with E-state index in [0.717, 1.165) is 10.0 Å². The molecule has 3 aromatic rings. The number of hydrogen-bond acceptors (Lipinski definition) is 4. The van der Waals surface area contributed by atoms with Gasteiger partial charge in [0.05, 0.1) is 18.0 Å². The first-order valence-electron chi connectivity index (χ1n) is 9.35. The minimum Gasteiger partial charge on any atom is -0.497 e. The molecule has 0 spiro atoms. The fourth-order valence-electron chi connectivity index (χ4n) is 2.73. The fourth-order valence-corrected chi connectivity index (χ4v) is 3.09. The van der Waals surface area contributed by atoms with Crippen LogP contribution in [0.3, 0.4) is 0 Å². The molecule has 0 saturated heterocycles. The molecule has 0 fully saturated rings. The predicted octanol–water partition coefficient (Wildman–Crippen LogP) is 5.03. The quantitative estimate of drug-likeness (QED) is 0.440. The van der Waals surface area contributed by atoms with Crippen LogP contribution in [0.4, 0.5) is 0 Å². The number of para-hydroxylation sites is 1. The van der Waals surface area contributed by atoms with Gasteiger partial charge in [-0.1, -0.05) is 36.4 Å². The van der Waals surface area contributed by atoms with Crippen LogP contribution in [0, 0.1) is 0 Å². The average molecular weight is 482 g/mol. The molecule has 0 aromatic heterocycles. The van der Waals surface area contributed by atoms with Crippen molar-refractivity contribution in [2.75, 3.05) is 7.11 Å². The zero-order valence-electron chi connectivity index (χ0n) is 16.7. The zero-order chi connectivity index (χ0) is 22.2. The summed E-state index contributed by atoms with van der Waals surface area (Å²) in [5.74, 6) is 0.305. The number of amides is 1. The van der Waals surface area contributed by atoms with Gasteiger partial charge in [-0.05, 0) is 69.5 Å². The molecular weight excluding hydrogens is 462 g/mol. The van der Waals surface area contributed by atoms with Crippen molar-refractivity contribution < 1.29 is 24.2 Å². The Hall–Kier alpha value is -3.58. The molecule has 1 amide bonds. The van der Waals surface area contributed by atoms with E-state index in [1.165, 1.54) is 6.08 Å². The highest BCUT2D eigenvalue weighted by Gasteiger charge is 2.12. The lowest BCUT2D eigenvalue weighted by molar-refractivity contribution is -0.134. The minimum absolute atomic E-state index is 0.0490. The maximum Gasteiger partial charge on any atom is 0.352 e. The van der Waals surface area contributed by atoms with E-state index < -0.39 is 11.9 Å². The van der Waals surface area contributed by atoms with Gasteiger partial charge in [-0.2, -0.15) is 0 Å². The number of carboxylic acid groups (broad SMARTS) is 1. The Morgan fingerprint density at radius 2 is 1.61 bits per heavy atom. The summed E-state index contributed by atoms with van der Waals surface area (Å²) in [5.41, 5.74) is 1.15. The normalized spacial score (nSPS) is 11.0. The third-order valence-corrected chi connectivity index (χ3v) is 4.94. The second kappa shape index (κ2) is 10.4. The molecular formula is C24H20BrNO5. The Morgan fingerprint density at radius 3 is 2.23 bits per heavy atom. The Bertz CT molecular complexity index is 1090. The maximum absolute atomic E-state index is 12.3. The summed E-state index contributed by atoms with van der Waals surface area (Å²) < 4.78 is 11.7. The predicted molar refractivity (Wildman–Crippen MR) is 121 cm³/mol. The highest BCUT2D eigenvalue weighted by molar-refractivity contribution is 9.10. The van der Waals surface area contributed by atoms with Crippen LogP contribution in [0.2, 0.25) is 0 Å². The van der Waals surface area contributed by atoms with Gasteiger partial charge in [0.25, 0.3) is 0 Å². The Balaban J connectivity index is 1.67. The average Bonchev–Trinajstić information content (AvgIpc) is 2.76. The van der Waals surface area contributed by atoms with Crippen molar-refractivity contribution in [2.45, 2.75) is 6.42 Å². The first-order valence-corrected chi connectivity index (χ1v) is 10.1. The van der Waals surface area contributed by atoms with Gasteiger partial charge in [-0.25, -0.2) is 4.79 Å². The van der Waals surface area contributed by atoms with E-state index in [1.807, 2.05) is 24.3 Å². The molecule has 2 N–H and O–H groups in total. The van der Waals surface area contributed by atoms with Crippen molar-refractivity contribution in [3.63, 3.8) is 0 Å². The van der Waals surface area contributed by atoms with E-state index in [1.54, 1.807) is 55.6 Å². The van der Waals surface area contributed by atoms with Gasteiger partial charge in [0.1, 0.15) is 22.9 Å². The molecule has 3 rings (SSSR count). The van der Waals surface area contributed by atoms with Crippen LogP contribution in [-0.2, 0) is 16.0 Å². The van der Waals surface area contributed by atoms with Gasteiger partial charge in [-0.3, -0.25) is 4.79 Å². The van der Waals surface area contributed by atoms with Gasteiger partial charge in [-0.15, -0.1) is 0 Å². The molecule has 7 heteroatoms. The van der Waals surface area contributed by atoms with Crippen molar-refractivity contribution in [1.29, 1.82) is 0 Å². The number of carbonyl (C=O) groups excluding carboxylic acids is 1. The van der Waals surface area contributed by atoms with Gasteiger partial charge in [0, 0.05) is 0 Å². The molecule has 0 aliphatic heterocycles. The molecule has 158 valence electrons. The Kier molecular flexibility index (Phi) is 7.45. The lowest BCUT2D eigenvalue weighted by atomic mass is 10.1. The fraction of sp³-hybridized carbons (Fsp3) is 0.0833. The number of methoxy groups -OCH3 is 1. The van der Waals surface area contributed by atoms with Gasteiger partial charge < -0.3 is 19.9 Å². The van der Waals surface area contributed by atoms with Crippen molar-refractivity contribution in [3.05, 3.63) is 94.1 Å². The van der Waals surface area contributed by atoms with Crippen molar-refractivity contribution in [3.8, 4) is 17.2 Å². The number of ether oxygens (including phenoxy) is 2. The minimum atomic E-state index is -1.23. The smallest absolute Gasteiger partial charge is 0.352 e. The van der Waals surface area contributed by atoms with Crippen LogP contribution < -0.4 is 14.8 Å². The summed E-state index contributed by atoms with van der Waals surface area (Å²) in [6.07, 6.45) is 1.45. The molecule has 0 heterocycles. The van der Waals surface area contributed by atoms with Crippen molar-refractivity contribution in [2.24, 2.45) is 0 Å².